The van der Waals surface area contributed by atoms with Crippen molar-refractivity contribution in [2.24, 2.45) is 0 Å². The van der Waals surface area contributed by atoms with Crippen molar-refractivity contribution in [3.63, 3.8) is 0 Å². The second-order valence-electron chi connectivity index (χ2n) is 4.85. The van der Waals surface area contributed by atoms with Crippen LogP contribution in [0.1, 0.15) is 18.5 Å². The van der Waals surface area contributed by atoms with Gasteiger partial charge >= 0.3 is 18.6 Å². The number of nitrogens with one attached hydrogen (secondary N) is 2. The Morgan fingerprint density at radius 1 is 1.25 bits per heavy atom. The molecule has 1 aliphatic heterocycles. The van der Waals surface area contributed by atoms with Crippen molar-refractivity contribution in [1.82, 2.24) is 10.6 Å². The van der Waals surface area contributed by atoms with Gasteiger partial charge in [-0.05, 0) is 24.6 Å². The van der Waals surface area contributed by atoms with Crippen LogP contribution in [0, 0.1) is 0 Å². The molecule has 1 atom stereocenters. The van der Waals surface area contributed by atoms with Gasteiger partial charge in [0.25, 0.3) is 0 Å². The Morgan fingerprint density at radius 3 is 2.54 bits per heavy atom. The molecular weight excluding hydrogens is 326 g/mol. The topological polar surface area (TPSA) is 85.9 Å². The smallest absolute Gasteiger partial charge is 0.387 e. The molecule has 0 spiro atoms. The summed E-state index contributed by atoms with van der Waals surface area (Å²) in [5.41, 5.74) is 0.979. The molecule has 0 unspecified atom stereocenters. The number of esters is 1. The average molecular weight is 342 g/mol. The van der Waals surface area contributed by atoms with E-state index in [2.05, 4.69) is 15.4 Å². The molecule has 0 saturated heterocycles. The van der Waals surface area contributed by atoms with E-state index in [-0.39, 0.29) is 17.1 Å². The number of methoxy groups -OCH3 is 2. The first-order valence-electron chi connectivity index (χ1n) is 6.86. The number of allylic oxidation sites excluding steroid dienone is 1. The number of halogens is 2. The second-order valence-corrected chi connectivity index (χ2v) is 4.85. The quantitative estimate of drug-likeness (QED) is 0.801. The zero-order chi connectivity index (χ0) is 17.9. The molecule has 0 bridgehead atoms. The van der Waals surface area contributed by atoms with Crippen molar-refractivity contribution in [2.75, 3.05) is 14.2 Å². The van der Waals surface area contributed by atoms with Gasteiger partial charge in [0.1, 0.15) is 0 Å². The van der Waals surface area contributed by atoms with Gasteiger partial charge in [-0.1, -0.05) is 6.07 Å². The van der Waals surface area contributed by atoms with Gasteiger partial charge in [0, 0.05) is 5.70 Å². The number of rotatable bonds is 5. The van der Waals surface area contributed by atoms with Gasteiger partial charge in [0.15, 0.2) is 11.5 Å². The van der Waals surface area contributed by atoms with Gasteiger partial charge < -0.3 is 24.8 Å². The molecule has 1 aliphatic rings. The van der Waals surface area contributed by atoms with E-state index in [0.29, 0.717) is 11.3 Å². The molecule has 0 aromatic heterocycles. The van der Waals surface area contributed by atoms with E-state index >= 15 is 0 Å². The summed E-state index contributed by atoms with van der Waals surface area (Å²) in [5, 5.41) is 5.07. The first-order chi connectivity index (χ1) is 11.4. The minimum atomic E-state index is -3.00. The van der Waals surface area contributed by atoms with Gasteiger partial charge in [0.2, 0.25) is 0 Å². The van der Waals surface area contributed by atoms with Gasteiger partial charge in [-0.25, -0.2) is 9.59 Å². The molecule has 2 amide bonds. The summed E-state index contributed by atoms with van der Waals surface area (Å²) < 4.78 is 38.9. The predicted octanol–water partition coefficient (Wildman–Crippen LogP) is 2.10. The first-order valence-corrected chi connectivity index (χ1v) is 6.86. The van der Waals surface area contributed by atoms with Crippen molar-refractivity contribution in [3.8, 4) is 11.5 Å². The molecule has 130 valence electrons. The number of carbonyl (C=O) groups excluding carboxylic acids is 2. The van der Waals surface area contributed by atoms with E-state index in [4.69, 9.17) is 9.47 Å². The summed E-state index contributed by atoms with van der Waals surface area (Å²) in [6.45, 7) is -1.44. The van der Waals surface area contributed by atoms with Crippen LogP contribution in [0.5, 0.6) is 11.5 Å². The number of hydrogen-bond acceptors (Lipinski definition) is 5. The zero-order valence-electron chi connectivity index (χ0n) is 13.2. The Kier molecular flexibility index (Phi) is 5.22. The molecule has 7 nitrogen and oxygen atoms in total. The lowest BCUT2D eigenvalue weighted by atomic mass is 9.95. The normalized spacial score (nSPS) is 17.2. The fourth-order valence-electron chi connectivity index (χ4n) is 2.38. The number of hydrogen-bond donors (Lipinski definition) is 2. The van der Waals surface area contributed by atoms with Crippen LogP contribution < -0.4 is 20.1 Å². The Bertz CT molecular complexity index is 690. The molecular formula is C15H16F2N2O5. The minimum absolute atomic E-state index is 0.0439. The molecule has 24 heavy (non-hydrogen) atoms. The molecule has 0 radical (unpaired) electrons. The fraction of sp³-hybridized carbons (Fsp3) is 0.333. The fourth-order valence-corrected chi connectivity index (χ4v) is 2.38. The highest BCUT2D eigenvalue weighted by molar-refractivity contribution is 5.94. The van der Waals surface area contributed by atoms with Crippen molar-refractivity contribution in [2.45, 2.75) is 19.6 Å². The van der Waals surface area contributed by atoms with Crippen LogP contribution in [0.3, 0.4) is 0 Å². The third-order valence-corrected chi connectivity index (χ3v) is 3.41. The zero-order valence-corrected chi connectivity index (χ0v) is 13.2. The average Bonchev–Trinajstić information content (AvgIpc) is 2.53. The van der Waals surface area contributed by atoms with E-state index < -0.39 is 24.7 Å². The molecule has 9 heteroatoms. The lowest BCUT2D eigenvalue weighted by molar-refractivity contribution is -0.136. The Balaban J connectivity index is 2.46. The minimum Gasteiger partial charge on any atom is -0.493 e. The number of alkyl halides is 2. The van der Waals surface area contributed by atoms with Crippen LogP contribution in [0.4, 0.5) is 13.6 Å². The number of urea groups is 1. The largest absolute Gasteiger partial charge is 0.493 e. The van der Waals surface area contributed by atoms with Gasteiger partial charge in [-0.2, -0.15) is 8.78 Å². The first kappa shape index (κ1) is 17.5. The van der Waals surface area contributed by atoms with E-state index in [1.807, 2.05) is 0 Å². The standard InChI is InChI=1S/C15H16F2N2O5/c1-7-11(13(20)23-3)12(19-15(21)18-7)8-4-5-9(24-14(16)17)10(6-8)22-2/h4-6,12,14H,1-3H3,(H2,18,19,21)/t12-/m1/s1. The molecule has 0 aliphatic carbocycles. The Hall–Kier alpha value is -2.84. The monoisotopic (exact) mass is 342 g/mol. The number of amides is 2. The van der Waals surface area contributed by atoms with Crippen LogP contribution >= 0.6 is 0 Å². The summed E-state index contributed by atoms with van der Waals surface area (Å²) in [6, 6.07) is 2.81. The lowest BCUT2D eigenvalue weighted by Crippen LogP contribution is -2.45. The summed E-state index contributed by atoms with van der Waals surface area (Å²) in [5.74, 6) is -0.740. The van der Waals surface area contributed by atoms with Crippen LogP contribution in [0.15, 0.2) is 29.5 Å². The van der Waals surface area contributed by atoms with Crippen LogP contribution in [0.25, 0.3) is 0 Å². The Morgan fingerprint density at radius 2 is 1.96 bits per heavy atom. The van der Waals surface area contributed by atoms with Crippen molar-refractivity contribution < 1.29 is 32.6 Å². The van der Waals surface area contributed by atoms with Crippen molar-refractivity contribution >= 4 is 12.0 Å². The highest BCUT2D eigenvalue weighted by Gasteiger charge is 2.32. The van der Waals surface area contributed by atoms with E-state index in [1.54, 1.807) is 6.92 Å². The maximum Gasteiger partial charge on any atom is 0.387 e. The predicted molar refractivity (Wildman–Crippen MR) is 78.8 cm³/mol. The second kappa shape index (κ2) is 7.16. The highest BCUT2D eigenvalue weighted by atomic mass is 19.3. The summed E-state index contributed by atoms with van der Waals surface area (Å²) in [4.78, 5) is 23.7. The maximum absolute atomic E-state index is 12.4. The summed E-state index contributed by atoms with van der Waals surface area (Å²) in [6.07, 6.45) is 0. The maximum atomic E-state index is 12.4. The van der Waals surface area contributed by atoms with Gasteiger partial charge in [-0.15, -0.1) is 0 Å². The molecule has 0 fully saturated rings. The van der Waals surface area contributed by atoms with E-state index in [1.165, 1.54) is 32.4 Å². The number of carbonyl (C=O) groups is 2. The van der Waals surface area contributed by atoms with Crippen molar-refractivity contribution in [1.29, 1.82) is 0 Å². The van der Waals surface area contributed by atoms with Crippen LogP contribution in [-0.4, -0.2) is 32.8 Å². The van der Waals surface area contributed by atoms with E-state index in [0.717, 1.165) is 0 Å². The lowest BCUT2D eigenvalue weighted by Gasteiger charge is -2.28. The Labute approximate surface area is 136 Å². The van der Waals surface area contributed by atoms with Crippen molar-refractivity contribution in [3.05, 3.63) is 35.0 Å². The number of benzene rings is 1. The van der Waals surface area contributed by atoms with Crippen LogP contribution in [0.2, 0.25) is 0 Å². The van der Waals surface area contributed by atoms with Gasteiger partial charge in [-0.3, -0.25) is 0 Å². The molecule has 1 aromatic rings. The number of ether oxygens (including phenoxy) is 3. The molecule has 1 heterocycles. The molecule has 0 saturated carbocycles. The van der Waals surface area contributed by atoms with Crippen LogP contribution in [-0.2, 0) is 9.53 Å². The summed E-state index contributed by atoms with van der Waals surface area (Å²) in [7, 11) is 2.51. The molecule has 2 N–H and O–H groups in total. The molecule has 2 rings (SSSR count). The molecule has 1 aromatic carbocycles. The highest BCUT2D eigenvalue weighted by Crippen LogP contribution is 2.35. The summed E-state index contributed by atoms with van der Waals surface area (Å²) >= 11 is 0. The van der Waals surface area contributed by atoms with Gasteiger partial charge in [0.05, 0.1) is 25.8 Å². The third kappa shape index (κ3) is 3.55. The third-order valence-electron chi connectivity index (χ3n) is 3.41. The van der Waals surface area contributed by atoms with E-state index in [9.17, 15) is 18.4 Å². The SMILES string of the molecule is COC(=O)C1=C(C)NC(=O)N[C@@H]1c1ccc(OC(F)F)c(OC)c1.